The van der Waals surface area contributed by atoms with Crippen LogP contribution >= 0.6 is 0 Å². The standard InChI is InChI=1S/C32H41N3O7/c1-4-5-17-34-18-11-16-32-26(29(38)35(20(2)19-36)28(32)30(34)39)25-23(42-32)14-9-10-15-24(37)33-21(3)27(41-31(25)40)22-12-7-6-8-13-22/h6-9,11-14,16,20-21,23,25-28,36H,4-5,10,15,17-19H2,1-3H3,(H,33,37)/b14-9-/t20-,21-,23-,25+,26+,27+,28-,32+/m1/s1. The lowest BCUT2D eigenvalue weighted by atomic mass is 9.77. The normalized spacial score (nSPS) is 34.8. The first-order valence-corrected chi connectivity index (χ1v) is 15.0. The van der Waals surface area contributed by atoms with E-state index in [1.165, 1.54) is 4.90 Å². The van der Waals surface area contributed by atoms with Gasteiger partial charge in [-0.25, -0.2) is 0 Å². The Hall–Kier alpha value is -3.50. The number of nitrogens with one attached hydrogen (secondary N) is 1. The van der Waals surface area contributed by atoms with Gasteiger partial charge in [0.05, 0.1) is 30.7 Å². The second-order valence-electron chi connectivity index (χ2n) is 11.8. The molecule has 1 spiro atoms. The summed E-state index contributed by atoms with van der Waals surface area (Å²) in [5.41, 5.74) is -0.710. The lowest BCUT2D eigenvalue weighted by molar-refractivity contribution is -0.162. The highest BCUT2D eigenvalue weighted by Crippen LogP contribution is 2.53. The second kappa shape index (κ2) is 12.4. The van der Waals surface area contributed by atoms with Gasteiger partial charge in [0.15, 0.2) is 0 Å². The van der Waals surface area contributed by atoms with E-state index >= 15 is 0 Å². The number of nitrogens with zero attached hydrogens (tertiary/aromatic N) is 2. The van der Waals surface area contributed by atoms with Crippen LogP contribution in [0.5, 0.6) is 0 Å². The predicted molar refractivity (Wildman–Crippen MR) is 154 cm³/mol. The number of ether oxygens (including phenoxy) is 2. The van der Waals surface area contributed by atoms with E-state index in [2.05, 4.69) is 5.32 Å². The molecule has 4 aliphatic heterocycles. The summed E-state index contributed by atoms with van der Waals surface area (Å²) >= 11 is 0. The average Bonchev–Trinajstić information content (AvgIpc) is 3.38. The Balaban J connectivity index is 1.59. The molecular formula is C32H41N3O7. The molecule has 0 radical (unpaired) electrons. The number of aliphatic hydroxyl groups excluding tert-OH is 1. The number of aliphatic hydroxyl groups is 1. The minimum Gasteiger partial charge on any atom is -0.455 e. The molecule has 0 aliphatic carbocycles. The number of hydrogen-bond donors (Lipinski definition) is 2. The number of fused-ring (bicyclic) bond motifs is 2. The Morgan fingerprint density at radius 3 is 2.60 bits per heavy atom. The largest absolute Gasteiger partial charge is 0.455 e. The molecule has 2 N–H and O–H groups in total. The third-order valence-corrected chi connectivity index (χ3v) is 8.89. The van der Waals surface area contributed by atoms with Gasteiger partial charge >= 0.3 is 5.97 Å². The Morgan fingerprint density at radius 1 is 1.12 bits per heavy atom. The molecule has 2 fully saturated rings. The molecule has 8 atom stereocenters. The molecule has 226 valence electrons. The number of unbranched alkanes of at least 4 members (excludes halogenated alkanes) is 1. The van der Waals surface area contributed by atoms with Crippen LogP contribution < -0.4 is 5.32 Å². The number of likely N-dealkylation sites (tertiary alicyclic amines) is 1. The summed E-state index contributed by atoms with van der Waals surface area (Å²) < 4.78 is 12.8. The number of esters is 1. The van der Waals surface area contributed by atoms with Crippen molar-refractivity contribution < 1.29 is 33.8 Å². The van der Waals surface area contributed by atoms with E-state index in [1.807, 2.05) is 43.3 Å². The zero-order valence-corrected chi connectivity index (χ0v) is 24.5. The molecule has 0 aromatic heterocycles. The molecule has 4 heterocycles. The fraction of sp³-hybridized carbons (Fsp3) is 0.562. The summed E-state index contributed by atoms with van der Waals surface area (Å²) in [6.45, 7) is 6.07. The SMILES string of the molecule is CCCCN1CC=C[C@]23O[C@@H]4/C=C\CCC(=O)N[C@H](C)[C@@H](c5ccccc5)OC(=O)[C@@H]4[C@H]2C(=O)N([C@H](C)CO)[C@@H]3C1=O. The molecule has 42 heavy (non-hydrogen) atoms. The maximum atomic E-state index is 14.3. The van der Waals surface area contributed by atoms with Crippen LogP contribution in [0.15, 0.2) is 54.6 Å². The van der Waals surface area contributed by atoms with Crippen LogP contribution in [0.25, 0.3) is 0 Å². The Labute approximate surface area is 246 Å². The van der Waals surface area contributed by atoms with E-state index in [0.29, 0.717) is 25.1 Å². The molecule has 0 bridgehead atoms. The molecule has 10 heteroatoms. The highest BCUT2D eigenvalue weighted by atomic mass is 16.6. The van der Waals surface area contributed by atoms with Crippen molar-refractivity contribution in [3.8, 4) is 0 Å². The molecule has 1 aromatic carbocycles. The molecule has 3 amide bonds. The van der Waals surface area contributed by atoms with Gasteiger partial charge in [-0.2, -0.15) is 0 Å². The van der Waals surface area contributed by atoms with Gasteiger partial charge in [-0.3, -0.25) is 19.2 Å². The number of amides is 3. The van der Waals surface area contributed by atoms with Gasteiger partial charge in [-0.1, -0.05) is 68.0 Å². The summed E-state index contributed by atoms with van der Waals surface area (Å²) in [6, 6.07) is 6.94. The van der Waals surface area contributed by atoms with Crippen molar-refractivity contribution in [3.63, 3.8) is 0 Å². The fourth-order valence-corrected chi connectivity index (χ4v) is 6.80. The number of allylic oxidation sites excluding steroid dienone is 1. The minimum absolute atomic E-state index is 0.169. The van der Waals surface area contributed by atoms with Crippen LogP contribution in [0.4, 0.5) is 0 Å². The highest BCUT2D eigenvalue weighted by Gasteiger charge is 2.72. The molecule has 2 saturated heterocycles. The van der Waals surface area contributed by atoms with Crippen LogP contribution in [0, 0.1) is 11.8 Å². The van der Waals surface area contributed by atoms with Gasteiger partial charge in [-0.15, -0.1) is 0 Å². The number of carbonyl (C=O) groups excluding carboxylic acids is 4. The van der Waals surface area contributed by atoms with Gasteiger partial charge in [0, 0.05) is 19.5 Å². The van der Waals surface area contributed by atoms with E-state index in [1.54, 1.807) is 37.0 Å². The van der Waals surface area contributed by atoms with Crippen molar-refractivity contribution in [2.45, 2.75) is 82.4 Å². The average molecular weight is 580 g/mol. The summed E-state index contributed by atoms with van der Waals surface area (Å²) in [5, 5.41) is 13.1. The van der Waals surface area contributed by atoms with Crippen molar-refractivity contribution in [2.24, 2.45) is 11.8 Å². The van der Waals surface area contributed by atoms with E-state index in [9.17, 15) is 24.3 Å². The third kappa shape index (κ3) is 5.26. The molecule has 4 aliphatic rings. The van der Waals surface area contributed by atoms with E-state index in [-0.39, 0.29) is 24.8 Å². The Bertz CT molecular complexity index is 1250. The second-order valence-corrected chi connectivity index (χ2v) is 11.8. The van der Waals surface area contributed by atoms with Crippen molar-refractivity contribution in [2.75, 3.05) is 19.7 Å². The molecule has 0 unspecified atom stereocenters. The van der Waals surface area contributed by atoms with Crippen molar-refractivity contribution in [1.82, 2.24) is 15.1 Å². The van der Waals surface area contributed by atoms with E-state index < -0.39 is 59.6 Å². The molecule has 5 rings (SSSR count). The van der Waals surface area contributed by atoms with Gasteiger partial charge < -0.3 is 29.7 Å². The van der Waals surface area contributed by atoms with Gasteiger partial charge in [0.25, 0.3) is 0 Å². The van der Waals surface area contributed by atoms with E-state index in [4.69, 9.17) is 9.47 Å². The molecular weight excluding hydrogens is 538 g/mol. The number of rotatable bonds is 6. The minimum atomic E-state index is -1.42. The topological polar surface area (TPSA) is 125 Å². The summed E-state index contributed by atoms with van der Waals surface area (Å²) in [4.78, 5) is 58.4. The number of benzene rings is 1. The van der Waals surface area contributed by atoms with Crippen molar-refractivity contribution in [1.29, 1.82) is 0 Å². The van der Waals surface area contributed by atoms with Crippen LogP contribution in [0.2, 0.25) is 0 Å². The monoisotopic (exact) mass is 579 g/mol. The Morgan fingerprint density at radius 2 is 1.88 bits per heavy atom. The first-order chi connectivity index (χ1) is 20.2. The Kier molecular flexibility index (Phi) is 8.84. The molecule has 10 nitrogen and oxygen atoms in total. The van der Waals surface area contributed by atoms with Crippen LogP contribution in [0.3, 0.4) is 0 Å². The maximum absolute atomic E-state index is 14.3. The summed E-state index contributed by atoms with van der Waals surface area (Å²) in [5.74, 6) is -3.56. The van der Waals surface area contributed by atoms with E-state index in [0.717, 1.165) is 12.8 Å². The van der Waals surface area contributed by atoms with Gasteiger partial charge in [0.1, 0.15) is 23.7 Å². The van der Waals surface area contributed by atoms with Crippen LogP contribution in [0.1, 0.15) is 58.1 Å². The number of carbonyl (C=O) groups is 4. The summed E-state index contributed by atoms with van der Waals surface area (Å²) in [7, 11) is 0. The maximum Gasteiger partial charge on any atom is 0.313 e. The third-order valence-electron chi connectivity index (χ3n) is 8.89. The van der Waals surface area contributed by atoms with Gasteiger partial charge in [-0.05, 0) is 32.3 Å². The number of hydrogen-bond acceptors (Lipinski definition) is 7. The lowest BCUT2D eigenvalue weighted by Crippen LogP contribution is -2.57. The highest BCUT2D eigenvalue weighted by molar-refractivity contribution is 5.99. The first-order valence-electron chi connectivity index (χ1n) is 15.0. The first kappa shape index (κ1) is 30.0. The van der Waals surface area contributed by atoms with Crippen LogP contribution in [-0.2, 0) is 28.7 Å². The smallest absolute Gasteiger partial charge is 0.313 e. The number of cyclic esters (lactones) is 1. The molecule has 0 saturated carbocycles. The van der Waals surface area contributed by atoms with Crippen molar-refractivity contribution >= 4 is 23.7 Å². The lowest BCUT2D eigenvalue weighted by Gasteiger charge is -2.37. The zero-order valence-electron chi connectivity index (χ0n) is 24.5. The predicted octanol–water partition coefficient (Wildman–Crippen LogP) is 2.29. The zero-order chi connectivity index (χ0) is 30.0. The van der Waals surface area contributed by atoms with Crippen LogP contribution in [-0.4, -0.2) is 88.1 Å². The molecule has 1 aromatic rings. The van der Waals surface area contributed by atoms with Crippen molar-refractivity contribution in [3.05, 3.63) is 60.2 Å². The summed E-state index contributed by atoms with van der Waals surface area (Å²) in [6.07, 6.45) is 7.83. The quantitative estimate of drug-likeness (QED) is 0.391. The fourth-order valence-electron chi connectivity index (χ4n) is 6.80. The van der Waals surface area contributed by atoms with Gasteiger partial charge in [0.2, 0.25) is 17.7 Å².